The van der Waals surface area contributed by atoms with Crippen LogP contribution in [0.3, 0.4) is 0 Å². The van der Waals surface area contributed by atoms with Gasteiger partial charge in [-0.3, -0.25) is 0 Å². The maximum atomic E-state index is 9.87. The van der Waals surface area contributed by atoms with Crippen molar-refractivity contribution in [1.82, 2.24) is 14.9 Å². The maximum Gasteiger partial charge on any atom is 0.318 e. The van der Waals surface area contributed by atoms with Gasteiger partial charge >= 0.3 is 6.01 Å². The summed E-state index contributed by atoms with van der Waals surface area (Å²) in [4.78, 5) is 13.1. The quantitative estimate of drug-likeness (QED) is 0.789. The molecule has 1 atom stereocenters. The molecular formula is C19H27N5O3. The van der Waals surface area contributed by atoms with E-state index in [0.29, 0.717) is 30.5 Å². The van der Waals surface area contributed by atoms with Crippen LogP contribution in [0.15, 0.2) is 18.2 Å². The second-order valence-electron chi connectivity index (χ2n) is 7.04. The summed E-state index contributed by atoms with van der Waals surface area (Å²) in [5, 5.41) is 9.87. The lowest BCUT2D eigenvalue weighted by atomic mass is 10.0. The Morgan fingerprint density at radius 2 is 2.11 bits per heavy atom. The van der Waals surface area contributed by atoms with E-state index in [4.69, 9.17) is 15.2 Å². The highest BCUT2D eigenvalue weighted by Crippen LogP contribution is 2.35. The lowest BCUT2D eigenvalue weighted by molar-refractivity contribution is 0.163. The van der Waals surface area contributed by atoms with Crippen LogP contribution in [-0.2, 0) is 13.0 Å². The van der Waals surface area contributed by atoms with Crippen LogP contribution in [0.2, 0.25) is 0 Å². The first-order chi connectivity index (χ1) is 12.9. The van der Waals surface area contributed by atoms with Gasteiger partial charge in [0.1, 0.15) is 23.4 Å². The first kappa shape index (κ1) is 19.0. The minimum absolute atomic E-state index is 0.0525. The minimum Gasteiger partial charge on any atom is -0.508 e. The van der Waals surface area contributed by atoms with E-state index < -0.39 is 0 Å². The number of nitrogens with two attached hydrogens (primary N) is 1. The Morgan fingerprint density at radius 3 is 2.81 bits per heavy atom. The molecule has 2 heterocycles. The summed E-state index contributed by atoms with van der Waals surface area (Å²) >= 11 is 0. The number of nitrogen functional groups attached to an aromatic ring is 1. The molecule has 8 heteroatoms. The van der Waals surface area contributed by atoms with Crippen LogP contribution in [-0.4, -0.2) is 60.4 Å². The van der Waals surface area contributed by atoms with Crippen molar-refractivity contribution in [1.29, 1.82) is 0 Å². The number of likely N-dealkylation sites (N-methyl/N-ethyl adjacent to an activating group) is 1. The summed E-state index contributed by atoms with van der Waals surface area (Å²) in [6, 6.07) is 5.36. The number of benzene rings is 1. The number of phenols is 1. The van der Waals surface area contributed by atoms with E-state index >= 15 is 0 Å². The zero-order chi connectivity index (χ0) is 19.6. The average Bonchev–Trinajstić information content (AvgIpc) is 2.60. The van der Waals surface area contributed by atoms with Crippen molar-refractivity contribution in [2.24, 2.45) is 0 Å². The summed E-state index contributed by atoms with van der Waals surface area (Å²) in [5.41, 5.74) is 8.78. The van der Waals surface area contributed by atoms with Crippen LogP contribution in [0.4, 0.5) is 11.5 Å². The topological polar surface area (TPSA) is 97.0 Å². The number of rotatable bonds is 6. The van der Waals surface area contributed by atoms with E-state index in [2.05, 4.69) is 14.9 Å². The monoisotopic (exact) mass is 373 g/mol. The van der Waals surface area contributed by atoms with Gasteiger partial charge < -0.3 is 30.1 Å². The van der Waals surface area contributed by atoms with Crippen LogP contribution in [0, 0.1) is 0 Å². The molecule has 0 saturated heterocycles. The van der Waals surface area contributed by atoms with Gasteiger partial charge in [-0.1, -0.05) is 0 Å². The second kappa shape index (κ2) is 7.87. The third kappa shape index (κ3) is 4.33. The fraction of sp³-hybridized carbons (Fsp3) is 0.474. The number of hydrogen-bond donors (Lipinski definition) is 2. The number of phenolic OH excluding ortho intramolecular Hbond substituents is 1. The van der Waals surface area contributed by atoms with E-state index in [1.807, 2.05) is 25.9 Å². The number of nitrogens with zero attached hydrogens (tertiary/aromatic N) is 4. The SMILES string of the molecule is COc1ccc(O)cc1N1CCc2c(N)nc(O[C@H](C)CN(C)C)nc2C1. The van der Waals surface area contributed by atoms with Gasteiger partial charge in [0, 0.05) is 24.7 Å². The van der Waals surface area contributed by atoms with Crippen molar-refractivity contribution >= 4 is 11.5 Å². The van der Waals surface area contributed by atoms with Gasteiger partial charge in [0.25, 0.3) is 0 Å². The fourth-order valence-electron chi connectivity index (χ4n) is 3.35. The molecule has 0 aliphatic carbocycles. The van der Waals surface area contributed by atoms with Crippen LogP contribution in [0.25, 0.3) is 0 Å². The van der Waals surface area contributed by atoms with Crippen LogP contribution < -0.4 is 20.1 Å². The number of fused-ring (bicyclic) bond motifs is 1. The van der Waals surface area contributed by atoms with E-state index in [0.717, 1.165) is 30.0 Å². The number of ether oxygens (including phenoxy) is 2. The molecule has 27 heavy (non-hydrogen) atoms. The molecule has 0 bridgehead atoms. The number of hydrogen-bond acceptors (Lipinski definition) is 8. The van der Waals surface area contributed by atoms with Crippen LogP contribution >= 0.6 is 0 Å². The number of aromatic nitrogens is 2. The first-order valence-corrected chi connectivity index (χ1v) is 8.96. The average molecular weight is 373 g/mol. The molecule has 0 radical (unpaired) electrons. The molecule has 1 aromatic carbocycles. The van der Waals surface area contributed by atoms with Gasteiger partial charge in [-0.2, -0.15) is 9.97 Å². The van der Waals surface area contributed by atoms with Gasteiger partial charge in [0.2, 0.25) is 0 Å². The predicted molar refractivity (Wildman–Crippen MR) is 105 cm³/mol. The van der Waals surface area contributed by atoms with Gasteiger partial charge in [-0.15, -0.1) is 0 Å². The van der Waals surface area contributed by atoms with Crippen LogP contribution in [0.1, 0.15) is 18.2 Å². The molecule has 146 valence electrons. The normalized spacial score (nSPS) is 14.8. The maximum absolute atomic E-state index is 9.87. The van der Waals surface area contributed by atoms with Crippen molar-refractivity contribution in [3.63, 3.8) is 0 Å². The zero-order valence-corrected chi connectivity index (χ0v) is 16.3. The van der Waals surface area contributed by atoms with Crippen molar-refractivity contribution in [3.8, 4) is 17.5 Å². The van der Waals surface area contributed by atoms with Gasteiger partial charge in [-0.05, 0) is 39.6 Å². The molecule has 0 fully saturated rings. The van der Waals surface area contributed by atoms with Gasteiger partial charge in [-0.25, -0.2) is 0 Å². The third-order valence-electron chi connectivity index (χ3n) is 4.51. The van der Waals surface area contributed by atoms with E-state index in [1.54, 1.807) is 25.3 Å². The molecule has 2 aromatic rings. The predicted octanol–water partition coefficient (Wildman–Crippen LogP) is 1.66. The lowest BCUT2D eigenvalue weighted by Crippen LogP contribution is -2.33. The first-order valence-electron chi connectivity index (χ1n) is 8.96. The number of aromatic hydroxyl groups is 1. The van der Waals surface area contributed by atoms with Crippen molar-refractivity contribution in [2.45, 2.75) is 26.0 Å². The van der Waals surface area contributed by atoms with Gasteiger partial charge in [0.05, 0.1) is 25.0 Å². The fourth-order valence-corrected chi connectivity index (χ4v) is 3.35. The van der Waals surface area contributed by atoms with E-state index in [9.17, 15) is 5.11 Å². The Kier molecular flexibility index (Phi) is 5.55. The van der Waals surface area contributed by atoms with Crippen molar-refractivity contribution < 1.29 is 14.6 Å². The summed E-state index contributed by atoms with van der Waals surface area (Å²) < 4.78 is 11.3. The molecular weight excluding hydrogens is 346 g/mol. The molecule has 3 rings (SSSR count). The molecule has 0 amide bonds. The summed E-state index contributed by atoms with van der Waals surface area (Å²) in [6.07, 6.45) is 0.663. The molecule has 0 saturated carbocycles. The van der Waals surface area contributed by atoms with E-state index in [-0.39, 0.29) is 11.9 Å². The second-order valence-corrected chi connectivity index (χ2v) is 7.04. The number of anilines is 2. The highest BCUT2D eigenvalue weighted by atomic mass is 16.5. The third-order valence-corrected chi connectivity index (χ3v) is 4.51. The molecule has 8 nitrogen and oxygen atoms in total. The van der Waals surface area contributed by atoms with Crippen molar-refractivity contribution in [2.75, 3.05) is 44.9 Å². The highest BCUT2D eigenvalue weighted by Gasteiger charge is 2.24. The van der Waals surface area contributed by atoms with E-state index in [1.165, 1.54) is 0 Å². The summed E-state index contributed by atoms with van der Waals surface area (Å²) in [5.74, 6) is 1.37. The molecule has 1 aliphatic rings. The standard InChI is InChI=1S/C19H27N5O3/c1-12(10-23(2)3)27-19-21-15-11-24(8-7-14(15)18(20)22-19)16-9-13(25)5-6-17(16)26-4/h5-6,9,12,25H,7-8,10-11H2,1-4H3,(H2,20,21,22)/t12-/m1/s1. The summed E-state index contributed by atoms with van der Waals surface area (Å²) in [7, 11) is 5.59. The largest absolute Gasteiger partial charge is 0.508 e. The Hall–Kier alpha value is -2.74. The molecule has 1 aliphatic heterocycles. The van der Waals surface area contributed by atoms with Gasteiger partial charge in [0.15, 0.2) is 0 Å². The number of methoxy groups -OCH3 is 1. The molecule has 3 N–H and O–H groups in total. The minimum atomic E-state index is -0.0525. The smallest absolute Gasteiger partial charge is 0.318 e. The molecule has 0 spiro atoms. The molecule has 1 aromatic heterocycles. The van der Waals surface area contributed by atoms with Crippen molar-refractivity contribution in [3.05, 3.63) is 29.5 Å². The highest BCUT2D eigenvalue weighted by molar-refractivity contribution is 5.63. The van der Waals surface area contributed by atoms with Crippen LogP contribution in [0.5, 0.6) is 17.5 Å². The Labute approximate surface area is 159 Å². The Balaban J connectivity index is 1.85. The Bertz CT molecular complexity index is 812. The molecule has 0 unspecified atom stereocenters. The lowest BCUT2D eigenvalue weighted by Gasteiger charge is -2.31. The summed E-state index contributed by atoms with van der Waals surface area (Å²) in [6.45, 7) is 4.01. The zero-order valence-electron chi connectivity index (χ0n) is 16.3. The Morgan fingerprint density at radius 1 is 1.33 bits per heavy atom.